The van der Waals surface area contributed by atoms with Gasteiger partial charge < -0.3 is 56.5 Å². The third-order valence-electron chi connectivity index (χ3n) is 7.85. The largest absolute Gasteiger partial charge is 1.00 e. The fraction of sp³-hybridized carbons (Fsp3) is 0.393. The van der Waals surface area contributed by atoms with Crippen molar-refractivity contribution in [2.45, 2.75) is 50.2 Å². The van der Waals surface area contributed by atoms with Gasteiger partial charge in [-0.1, -0.05) is 5.21 Å². The molecule has 4 aromatic rings. The Morgan fingerprint density at radius 3 is 2.67 bits per heavy atom. The van der Waals surface area contributed by atoms with Crippen molar-refractivity contribution >= 4 is 10.8 Å². The van der Waals surface area contributed by atoms with Crippen molar-refractivity contribution in [3.63, 3.8) is 0 Å². The van der Waals surface area contributed by atoms with Gasteiger partial charge in [0.05, 0.1) is 30.9 Å². The Morgan fingerprint density at radius 1 is 1.07 bits per heavy atom. The maximum atomic E-state index is 10.4. The van der Waals surface area contributed by atoms with E-state index in [0.29, 0.717) is 17.2 Å². The molecule has 3 aliphatic heterocycles. The van der Waals surface area contributed by atoms with Crippen LogP contribution in [0.1, 0.15) is 17.5 Å². The first-order chi connectivity index (χ1) is 19.9. The lowest BCUT2D eigenvalue weighted by Crippen LogP contribution is -3.00. The van der Waals surface area contributed by atoms with Gasteiger partial charge in [-0.15, -0.1) is 5.10 Å². The fourth-order valence-electron chi connectivity index (χ4n) is 5.66. The topological polar surface area (TPSA) is 162 Å². The van der Waals surface area contributed by atoms with E-state index in [1.54, 1.807) is 7.11 Å². The Morgan fingerprint density at radius 2 is 1.88 bits per heavy atom. The second-order valence-corrected chi connectivity index (χ2v) is 10.3. The minimum Gasteiger partial charge on any atom is -1.00 e. The Balaban J connectivity index is 0.00000316. The van der Waals surface area contributed by atoms with E-state index < -0.39 is 37.3 Å². The Kier molecular flexibility index (Phi) is 7.55. The third kappa shape index (κ3) is 4.68. The van der Waals surface area contributed by atoms with Crippen LogP contribution < -0.4 is 35.9 Å². The summed E-state index contributed by atoms with van der Waals surface area (Å²) in [5, 5.41) is 50.0. The summed E-state index contributed by atoms with van der Waals surface area (Å²) in [5.74, 6) is 2.62. The number of methoxy groups -OCH3 is 1. The van der Waals surface area contributed by atoms with Crippen molar-refractivity contribution in [1.29, 1.82) is 0 Å². The van der Waals surface area contributed by atoms with Gasteiger partial charge in [-0.2, -0.15) is 4.57 Å². The quantitative estimate of drug-likeness (QED) is 0.170. The van der Waals surface area contributed by atoms with Gasteiger partial charge in [0.15, 0.2) is 42.0 Å². The molecule has 2 aromatic heterocycles. The molecule has 1 saturated heterocycles. The predicted molar refractivity (Wildman–Crippen MR) is 139 cm³/mol. The lowest BCUT2D eigenvalue weighted by molar-refractivity contribution is -0.686. The fourth-order valence-corrected chi connectivity index (χ4v) is 5.66. The normalized spacial score (nSPS) is 24.1. The molecule has 3 aliphatic rings. The molecule has 0 saturated carbocycles. The molecular formula is C28H29ClN4O9. The molecule has 0 radical (unpaired) electrons. The molecule has 5 atom stereocenters. The van der Waals surface area contributed by atoms with Crippen LogP contribution in [0.15, 0.2) is 42.7 Å². The lowest BCUT2D eigenvalue weighted by atomic mass is 9.95. The van der Waals surface area contributed by atoms with E-state index in [-0.39, 0.29) is 25.8 Å². The minimum absolute atomic E-state index is 0. The molecule has 13 nitrogen and oxygen atoms in total. The van der Waals surface area contributed by atoms with Crippen LogP contribution in [-0.2, 0) is 24.3 Å². The molecule has 0 spiro atoms. The molecule has 222 valence electrons. The number of aliphatic hydroxyl groups excluding tert-OH is 4. The molecule has 42 heavy (non-hydrogen) atoms. The van der Waals surface area contributed by atoms with E-state index in [0.717, 1.165) is 46.5 Å². The smallest absolute Gasteiger partial charge is 0.231 e. The van der Waals surface area contributed by atoms with Crippen LogP contribution in [0.4, 0.5) is 0 Å². The van der Waals surface area contributed by atoms with Gasteiger partial charge in [0, 0.05) is 12.5 Å². The van der Waals surface area contributed by atoms with Crippen LogP contribution in [0.25, 0.3) is 22.0 Å². The van der Waals surface area contributed by atoms with E-state index in [4.69, 9.17) is 23.7 Å². The zero-order valence-corrected chi connectivity index (χ0v) is 23.2. The van der Waals surface area contributed by atoms with Crippen LogP contribution in [0, 0.1) is 0 Å². The number of ether oxygens (including phenoxy) is 5. The van der Waals surface area contributed by atoms with Crippen molar-refractivity contribution in [3.8, 4) is 34.3 Å². The molecule has 0 unspecified atom stereocenters. The first kappa shape index (κ1) is 28.4. The number of fused-ring (bicyclic) bond motifs is 5. The SMILES string of the molecule is COc1ccc2cc3[n+](cc2c1OCc1cn([C@@H]2O[C@H](CO)[C@H](O)[C@H](O)[C@H]2O)nn1)CCc1cc2c(cc1-3)OCO2.[Cl-]. The molecule has 7 rings (SSSR count). The van der Waals surface area contributed by atoms with Gasteiger partial charge in [0.25, 0.3) is 0 Å². The van der Waals surface area contributed by atoms with Crippen LogP contribution >= 0.6 is 0 Å². The van der Waals surface area contributed by atoms with E-state index in [1.807, 2.05) is 18.2 Å². The Labute approximate surface area is 245 Å². The number of hydrogen-bond acceptors (Lipinski definition) is 11. The van der Waals surface area contributed by atoms with Crippen LogP contribution in [0.3, 0.4) is 0 Å². The number of aromatic nitrogens is 4. The average Bonchev–Trinajstić information content (AvgIpc) is 3.66. The molecule has 14 heteroatoms. The number of aliphatic hydroxyl groups is 4. The first-order valence-corrected chi connectivity index (χ1v) is 13.3. The van der Waals surface area contributed by atoms with E-state index >= 15 is 0 Å². The average molecular weight is 601 g/mol. The number of aryl methyl sites for hydroxylation is 2. The molecule has 5 heterocycles. The van der Waals surface area contributed by atoms with Crippen LogP contribution in [0.2, 0.25) is 0 Å². The highest BCUT2D eigenvalue weighted by Gasteiger charge is 2.44. The summed E-state index contributed by atoms with van der Waals surface area (Å²) in [6, 6.07) is 10.1. The number of hydrogen-bond donors (Lipinski definition) is 4. The third-order valence-corrected chi connectivity index (χ3v) is 7.85. The van der Waals surface area contributed by atoms with Crippen LogP contribution in [-0.4, -0.2) is 80.3 Å². The number of rotatable bonds is 6. The number of halogens is 1. The van der Waals surface area contributed by atoms with Gasteiger partial charge in [0.1, 0.15) is 36.7 Å². The summed E-state index contributed by atoms with van der Waals surface area (Å²) >= 11 is 0. The number of nitrogens with zero attached hydrogens (tertiary/aromatic N) is 4. The summed E-state index contributed by atoms with van der Waals surface area (Å²) < 4.78 is 32.0. The van der Waals surface area contributed by atoms with Gasteiger partial charge in [-0.25, -0.2) is 4.68 Å². The number of pyridine rings is 1. The summed E-state index contributed by atoms with van der Waals surface area (Å²) in [6.07, 6.45) is -2.25. The lowest BCUT2D eigenvalue weighted by Gasteiger charge is -2.39. The van der Waals surface area contributed by atoms with Crippen molar-refractivity contribution in [3.05, 3.63) is 54.0 Å². The zero-order valence-electron chi connectivity index (χ0n) is 22.5. The van der Waals surface area contributed by atoms with Crippen LogP contribution in [0.5, 0.6) is 23.0 Å². The highest BCUT2D eigenvalue weighted by atomic mass is 35.5. The van der Waals surface area contributed by atoms with Crippen molar-refractivity contribution < 1.29 is 61.1 Å². The molecule has 0 bridgehead atoms. The number of benzene rings is 2. The van der Waals surface area contributed by atoms with Crippen molar-refractivity contribution in [2.24, 2.45) is 0 Å². The maximum absolute atomic E-state index is 10.4. The highest BCUT2D eigenvalue weighted by molar-refractivity contribution is 5.91. The monoisotopic (exact) mass is 600 g/mol. The summed E-state index contributed by atoms with van der Waals surface area (Å²) in [5.41, 5.74) is 3.80. The molecule has 4 N–H and O–H groups in total. The van der Waals surface area contributed by atoms with Gasteiger partial charge in [0.2, 0.25) is 12.5 Å². The molecule has 2 aromatic carbocycles. The first-order valence-electron chi connectivity index (χ1n) is 13.3. The summed E-state index contributed by atoms with van der Waals surface area (Å²) in [4.78, 5) is 0. The molecule has 0 amide bonds. The summed E-state index contributed by atoms with van der Waals surface area (Å²) in [7, 11) is 1.58. The Hall–Kier alpha value is -3.72. The second kappa shape index (κ2) is 11.2. The van der Waals surface area contributed by atoms with Crippen molar-refractivity contribution in [1.82, 2.24) is 15.0 Å². The van der Waals surface area contributed by atoms with E-state index in [9.17, 15) is 20.4 Å². The van der Waals surface area contributed by atoms with Gasteiger partial charge >= 0.3 is 0 Å². The minimum atomic E-state index is -1.52. The standard InChI is InChI=1S/C28H29N4O9.ClH/c1-37-20-3-2-14-6-19-17-8-22-21(39-13-40-22)7-15(17)4-5-31(19)10-18(14)27(20)38-12-16-9-32(30-29-16)28-26(36)25(35)24(34)23(11-33)41-28;/h2-3,6-10,23-26,28,33-36H,4-5,11-13H2,1H3;1H/q+1;/p-1/t23-,24+,25+,26-,28-;/m1./s1. The maximum Gasteiger partial charge on any atom is 0.231 e. The zero-order chi connectivity index (χ0) is 28.2. The van der Waals surface area contributed by atoms with E-state index in [1.165, 1.54) is 16.4 Å². The van der Waals surface area contributed by atoms with Gasteiger partial charge in [-0.3, -0.25) is 0 Å². The highest BCUT2D eigenvalue weighted by Crippen LogP contribution is 2.42. The Bertz CT molecular complexity index is 1630. The van der Waals surface area contributed by atoms with Crippen molar-refractivity contribution in [2.75, 3.05) is 20.5 Å². The molecule has 0 aliphatic carbocycles. The summed E-state index contributed by atoms with van der Waals surface area (Å²) in [6.45, 7) is 0.500. The predicted octanol–water partition coefficient (Wildman–Crippen LogP) is -2.77. The van der Waals surface area contributed by atoms with E-state index in [2.05, 4.69) is 33.2 Å². The van der Waals surface area contributed by atoms with Gasteiger partial charge in [-0.05, 0) is 35.2 Å². The second-order valence-electron chi connectivity index (χ2n) is 10.3. The molecule has 1 fully saturated rings. The molecular weight excluding hydrogens is 572 g/mol.